The largest absolute Gasteiger partial charge is 0.363 e. The third-order valence-electron chi connectivity index (χ3n) is 6.44. The van der Waals surface area contributed by atoms with Gasteiger partial charge in [-0.1, -0.05) is 24.3 Å². The highest BCUT2D eigenvalue weighted by Gasteiger charge is 2.26. The van der Waals surface area contributed by atoms with E-state index in [9.17, 15) is 14.0 Å². The first-order valence-electron chi connectivity index (χ1n) is 11.2. The SMILES string of the molecule is CC(=O)N1CCC(Nc2ccc(C(=O)N3CCc4ccccc43)cn2)c2ccc(F)cc2C1. The zero-order valence-corrected chi connectivity index (χ0v) is 18.4. The Morgan fingerprint density at radius 3 is 2.70 bits per heavy atom. The third-order valence-corrected chi connectivity index (χ3v) is 6.44. The highest BCUT2D eigenvalue weighted by Crippen LogP contribution is 2.31. The van der Waals surface area contributed by atoms with Crippen molar-refractivity contribution in [1.82, 2.24) is 9.88 Å². The predicted octanol–water partition coefficient (Wildman–Crippen LogP) is 4.33. The summed E-state index contributed by atoms with van der Waals surface area (Å²) < 4.78 is 13.9. The standard InChI is InChI=1S/C26H25FN4O2/c1-17(32)30-12-11-23(22-8-7-21(27)14-20(22)16-30)29-25-9-6-19(15-28-25)26(33)31-13-10-18-4-2-3-5-24(18)31/h2-9,14-15,23H,10-13,16H2,1H3,(H,28,29). The van der Waals surface area contributed by atoms with Crippen LogP contribution in [0, 0.1) is 5.82 Å². The van der Waals surface area contributed by atoms with Gasteiger partial charge in [0.05, 0.1) is 11.6 Å². The zero-order chi connectivity index (χ0) is 22.9. The molecule has 2 amide bonds. The molecule has 2 aliphatic rings. The number of carbonyl (C=O) groups is 2. The number of nitrogens with one attached hydrogen (secondary N) is 1. The van der Waals surface area contributed by atoms with Gasteiger partial charge >= 0.3 is 0 Å². The van der Waals surface area contributed by atoms with Crippen molar-refractivity contribution in [2.45, 2.75) is 32.4 Å². The number of anilines is 2. The van der Waals surface area contributed by atoms with Gasteiger partial charge in [-0.2, -0.15) is 0 Å². The van der Waals surface area contributed by atoms with Crippen LogP contribution in [0.25, 0.3) is 0 Å². The van der Waals surface area contributed by atoms with Crippen LogP contribution in [-0.2, 0) is 17.8 Å². The van der Waals surface area contributed by atoms with Crippen molar-refractivity contribution >= 4 is 23.3 Å². The normalized spacial score (nSPS) is 17.2. The quantitative estimate of drug-likeness (QED) is 0.653. The fourth-order valence-corrected chi connectivity index (χ4v) is 4.68. The van der Waals surface area contributed by atoms with Gasteiger partial charge in [0.25, 0.3) is 5.91 Å². The molecule has 1 unspecified atom stereocenters. The monoisotopic (exact) mass is 444 g/mol. The molecule has 3 aromatic rings. The second-order valence-electron chi connectivity index (χ2n) is 8.54. The molecule has 6 nitrogen and oxygen atoms in total. The molecule has 2 aromatic carbocycles. The first-order chi connectivity index (χ1) is 16.0. The van der Waals surface area contributed by atoms with E-state index in [-0.39, 0.29) is 23.7 Å². The second kappa shape index (κ2) is 8.65. The summed E-state index contributed by atoms with van der Waals surface area (Å²) in [6.07, 6.45) is 3.12. The number of halogens is 1. The van der Waals surface area contributed by atoms with Crippen molar-refractivity contribution in [2.24, 2.45) is 0 Å². The minimum atomic E-state index is -0.317. The molecule has 2 aliphatic heterocycles. The maximum atomic E-state index is 13.9. The number of pyridine rings is 1. The predicted molar refractivity (Wildman–Crippen MR) is 125 cm³/mol. The molecule has 0 fully saturated rings. The lowest BCUT2D eigenvalue weighted by Crippen LogP contribution is -2.29. The smallest absolute Gasteiger partial charge is 0.259 e. The van der Waals surface area contributed by atoms with Crippen molar-refractivity contribution in [3.63, 3.8) is 0 Å². The molecule has 1 aromatic heterocycles. The molecule has 0 spiro atoms. The molecule has 0 saturated heterocycles. The lowest BCUT2D eigenvalue weighted by Gasteiger charge is -2.21. The number of amides is 2. The van der Waals surface area contributed by atoms with Crippen LogP contribution in [0.3, 0.4) is 0 Å². The Morgan fingerprint density at radius 2 is 1.91 bits per heavy atom. The molecule has 7 heteroatoms. The summed E-state index contributed by atoms with van der Waals surface area (Å²) in [6, 6.07) is 16.1. The van der Waals surface area contributed by atoms with Gasteiger partial charge in [-0.25, -0.2) is 9.37 Å². The van der Waals surface area contributed by atoms with Gasteiger partial charge in [-0.3, -0.25) is 9.59 Å². The molecule has 3 heterocycles. The number of para-hydroxylation sites is 1. The molecule has 0 saturated carbocycles. The van der Waals surface area contributed by atoms with E-state index in [0.29, 0.717) is 37.4 Å². The van der Waals surface area contributed by atoms with Crippen LogP contribution < -0.4 is 10.2 Å². The van der Waals surface area contributed by atoms with Crippen molar-refractivity contribution in [2.75, 3.05) is 23.3 Å². The molecule has 1 N–H and O–H groups in total. The minimum Gasteiger partial charge on any atom is -0.363 e. The van der Waals surface area contributed by atoms with Crippen molar-refractivity contribution in [3.8, 4) is 0 Å². The van der Waals surface area contributed by atoms with Crippen LogP contribution in [0.15, 0.2) is 60.8 Å². The Bertz CT molecular complexity index is 1210. The summed E-state index contributed by atoms with van der Waals surface area (Å²) in [7, 11) is 0. The van der Waals surface area contributed by atoms with Crippen LogP contribution in [0.4, 0.5) is 15.9 Å². The van der Waals surface area contributed by atoms with E-state index in [2.05, 4.69) is 16.4 Å². The Hall–Kier alpha value is -3.74. The zero-order valence-electron chi connectivity index (χ0n) is 18.4. The lowest BCUT2D eigenvalue weighted by molar-refractivity contribution is -0.129. The van der Waals surface area contributed by atoms with Crippen molar-refractivity contribution in [1.29, 1.82) is 0 Å². The number of hydrogen-bond donors (Lipinski definition) is 1. The molecule has 0 bridgehead atoms. The maximum Gasteiger partial charge on any atom is 0.259 e. The van der Waals surface area contributed by atoms with E-state index >= 15 is 0 Å². The van der Waals surface area contributed by atoms with Crippen molar-refractivity contribution < 1.29 is 14.0 Å². The topological polar surface area (TPSA) is 65.5 Å². The number of benzene rings is 2. The molecule has 0 aliphatic carbocycles. The Balaban J connectivity index is 1.34. The number of carbonyl (C=O) groups excluding carboxylic acids is 2. The highest BCUT2D eigenvalue weighted by atomic mass is 19.1. The van der Waals surface area contributed by atoms with Gasteiger partial charge in [0.15, 0.2) is 0 Å². The van der Waals surface area contributed by atoms with Crippen LogP contribution in [0.1, 0.15) is 46.4 Å². The van der Waals surface area contributed by atoms with Crippen LogP contribution >= 0.6 is 0 Å². The number of aromatic nitrogens is 1. The molecule has 168 valence electrons. The van der Waals surface area contributed by atoms with E-state index < -0.39 is 0 Å². The number of rotatable bonds is 3. The average Bonchev–Trinajstić information content (AvgIpc) is 3.16. The Kier molecular flexibility index (Phi) is 5.54. The summed E-state index contributed by atoms with van der Waals surface area (Å²) in [6.45, 7) is 3.15. The Labute approximate surface area is 192 Å². The highest BCUT2D eigenvalue weighted by molar-refractivity contribution is 6.07. The van der Waals surface area contributed by atoms with Gasteiger partial charge in [0, 0.05) is 38.4 Å². The van der Waals surface area contributed by atoms with E-state index in [4.69, 9.17) is 0 Å². The molecule has 0 radical (unpaired) electrons. The van der Waals surface area contributed by atoms with E-state index in [1.807, 2.05) is 18.2 Å². The third kappa shape index (κ3) is 4.18. The van der Waals surface area contributed by atoms with Gasteiger partial charge in [0.2, 0.25) is 5.91 Å². The first kappa shape index (κ1) is 21.1. The van der Waals surface area contributed by atoms with Gasteiger partial charge < -0.3 is 15.1 Å². The first-order valence-corrected chi connectivity index (χ1v) is 11.2. The number of nitrogens with zero attached hydrogens (tertiary/aromatic N) is 3. The van der Waals surface area contributed by atoms with E-state index in [1.165, 1.54) is 24.6 Å². The van der Waals surface area contributed by atoms with Gasteiger partial charge in [-0.05, 0) is 59.9 Å². The summed E-state index contributed by atoms with van der Waals surface area (Å²) >= 11 is 0. The summed E-state index contributed by atoms with van der Waals surface area (Å²) in [5, 5.41) is 3.41. The Morgan fingerprint density at radius 1 is 1.06 bits per heavy atom. The molecule has 5 rings (SSSR count). The van der Waals surface area contributed by atoms with Crippen molar-refractivity contribution in [3.05, 3.63) is 88.9 Å². The van der Waals surface area contributed by atoms with Crippen LogP contribution in [-0.4, -0.2) is 34.8 Å². The van der Waals surface area contributed by atoms with Gasteiger partial charge in [0.1, 0.15) is 11.6 Å². The maximum absolute atomic E-state index is 13.9. The lowest BCUT2D eigenvalue weighted by atomic mass is 9.99. The molecular formula is C26H25FN4O2. The fourth-order valence-electron chi connectivity index (χ4n) is 4.68. The fraction of sp³-hybridized carbons (Fsp3) is 0.269. The summed E-state index contributed by atoms with van der Waals surface area (Å²) in [5.74, 6) is 0.217. The molecule has 33 heavy (non-hydrogen) atoms. The number of hydrogen-bond acceptors (Lipinski definition) is 4. The second-order valence-corrected chi connectivity index (χ2v) is 8.54. The summed E-state index contributed by atoms with van der Waals surface area (Å²) in [5.41, 5.74) is 4.42. The minimum absolute atomic E-state index is 0.0321. The van der Waals surface area contributed by atoms with Crippen LogP contribution in [0.5, 0.6) is 0 Å². The molecular weight excluding hydrogens is 419 g/mol. The van der Waals surface area contributed by atoms with Gasteiger partial charge in [-0.15, -0.1) is 0 Å². The summed E-state index contributed by atoms with van der Waals surface area (Å²) in [4.78, 5) is 33.0. The van der Waals surface area contributed by atoms with E-state index in [1.54, 1.807) is 34.2 Å². The molecule has 1 atom stereocenters. The van der Waals surface area contributed by atoms with Crippen LogP contribution in [0.2, 0.25) is 0 Å². The van der Waals surface area contributed by atoms with E-state index in [0.717, 1.165) is 23.2 Å². The number of fused-ring (bicyclic) bond motifs is 2. The average molecular weight is 445 g/mol.